The van der Waals surface area contributed by atoms with Gasteiger partial charge in [0, 0.05) is 5.69 Å². The third kappa shape index (κ3) is 3.03. The predicted molar refractivity (Wildman–Crippen MR) is 96.5 cm³/mol. The number of aromatic nitrogens is 3. The number of nitrogens with zero attached hydrogens (tertiary/aromatic N) is 3. The summed E-state index contributed by atoms with van der Waals surface area (Å²) in [5.74, 6) is 0.573. The van der Waals surface area contributed by atoms with Gasteiger partial charge in [-0.3, -0.25) is 0 Å². The number of rotatable bonds is 4. The molecule has 116 valence electrons. The second-order valence-corrected chi connectivity index (χ2v) is 5.42. The van der Waals surface area contributed by atoms with Gasteiger partial charge in [-0.2, -0.15) is 4.98 Å². The van der Waals surface area contributed by atoms with E-state index in [1.54, 1.807) is 11.0 Å². The monoisotopic (exact) mass is 312 g/mol. The molecule has 0 bridgehead atoms. The minimum atomic E-state index is 0.573. The second-order valence-electron chi connectivity index (χ2n) is 5.42. The Morgan fingerprint density at radius 3 is 2.21 bits per heavy atom. The molecule has 0 atom stereocenters. The molecule has 0 unspecified atom stereocenters. The first kappa shape index (κ1) is 14.2. The number of nitrogens with one attached hydrogen (secondary N) is 1. The lowest BCUT2D eigenvalue weighted by molar-refractivity contribution is 0.882. The molecular formula is C20H16N4. The zero-order valence-electron chi connectivity index (χ0n) is 13.0. The van der Waals surface area contributed by atoms with E-state index in [0.29, 0.717) is 5.95 Å². The fourth-order valence-electron chi connectivity index (χ4n) is 2.56. The third-order valence-electron chi connectivity index (χ3n) is 3.74. The summed E-state index contributed by atoms with van der Waals surface area (Å²) in [6.45, 7) is 0. The van der Waals surface area contributed by atoms with E-state index in [4.69, 9.17) is 0 Å². The molecule has 1 aromatic heterocycles. The van der Waals surface area contributed by atoms with E-state index < -0.39 is 0 Å². The fraction of sp³-hybridized carbons (Fsp3) is 0. The minimum absolute atomic E-state index is 0.573. The highest BCUT2D eigenvalue weighted by atomic mass is 15.4. The number of para-hydroxylation sites is 1. The number of benzene rings is 3. The average Bonchev–Trinajstić information content (AvgIpc) is 3.12. The summed E-state index contributed by atoms with van der Waals surface area (Å²) in [5, 5.41) is 7.73. The van der Waals surface area contributed by atoms with Crippen LogP contribution in [0.3, 0.4) is 0 Å². The van der Waals surface area contributed by atoms with Crippen molar-refractivity contribution < 1.29 is 0 Å². The quantitative estimate of drug-likeness (QED) is 0.595. The average molecular weight is 312 g/mol. The first-order valence-corrected chi connectivity index (χ1v) is 7.78. The molecule has 0 aliphatic carbocycles. The van der Waals surface area contributed by atoms with Gasteiger partial charge in [-0.1, -0.05) is 60.7 Å². The van der Waals surface area contributed by atoms with Gasteiger partial charge in [-0.25, -0.2) is 4.68 Å². The van der Waals surface area contributed by atoms with Crippen molar-refractivity contribution in [2.45, 2.75) is 0 Å². The molecule has 0 aliphatic rings. The lowest BCUT2D eigenvalue weighted by Gasteiger charge is -2.06. The third-order valence-corrected chi connectivity index (χ3v) is 3.74. The van der Waals surface area contributed by atoms with Crippen LogP contribution in [0.4, 0.5) is 11.6 Å². The van der Waals surface area contributed by atoms with Crippen LogP contribution in [0.2, 0.25) is 0 Å². The molecule has 1 N–H and O–H groups in total. The molecule has 4 aromatic rings. The molecule has 0 aliphatic heterocycles. The van der Waals surface area contributed by atoms with Gasteiger partial charge in [0.05, 0.1) is 5.69 Å². The Kier molecular flexibility index (Phi) is 3.78. The predicted octanol–water partition coefficient (Wildman–Crippen LogP) is 4.68. The van der Waals surface area contributed by atoms with Gasteiger partial charge in [-0.15, -0.1) is 5.10 Å². The maximum absolute atomic E-state index is 4.47. The first-order valence-electron chi connectivity index (χ1n) is 7.78. The van der Waals surface area contributed by atoms with Gasteiger partial charge in [-0.05, 0) is 35.4 Å². The molecule has 0 spiro atoms. The molecule has 0 amide bonds. The van der Waals surface area contributed by atoms with Gasteiger partial charge >= 0.3 is 0 Å². The van der Waals surface area contributed by atoms with Crippen molar-refractivity contribution in [1.82, 2.24) is 14.8 Å². The van der Waals surface area contributed by atoms with Crippen molar-refractivity contribution in [2.75, 3.05) is 5.32 Å². The van der Waals surface area contributed by atoms with E-state index in [2.05, 4.69) is 39.7 Å². The van der Waals surface area contributed by atoms with Gasteiger partial charge in [0.25, 0.3) is 0 Å². The lowest BCUT2D eigenvalue weighted by atomic mass is 10.1. The SMILES string of the molecule is c1ccc(-c2cccc(Nc3ncn(-c4ccccc4)n3)c2)cc1. The molecule has 24 heavy (non-hydrogen) atoms. The molecule has 1 heterocycles. The van der Waals surface area contributed by atoms with E-state index in [1.165, 1.54) is 5.56 Å². The van der Waals surface area contributed by atoms with Crippen molar-refractivity contribution in [3.63, 3.8) is 0 Å². The normalized spacial score (nSPS) is 10.5. The molecule has 0 saturated heterocycles. The van der Waals surface area contributed by atoms with E-state index in [9.17, 15) is 0 Å². The van der Waals surface area contributed by atoms with E-state index in [0.717, 1.165) is 16.9 Å². The number of hydrogen-bond acceptors (Lipinski definition) is 3. The summed E-state index contributed by atoms with van der Waals surface area (Å²) < 4.78 is 1.75. The van der Waals surface area contributed by atoms with Crippen molar-refractivity contribution in [3.8, 4) is 16.8 Å². The maximum Gasteiger partial charge on any atom is 0.246 e. The van der Waals surface area contributed by atoms with E-state index in [1.807, 2.05) is 60.7 Å². The van der Waals surface area contributed by atoms with Crippen LogP contribution in [0.1, 0.15) is 0 Å². The van der Waals surface area contributed by atoms with Crippen LogP contribution >= 0.6 is 0 Å². The largest absolute Gasteiger partial charge is 0.323 e. The summed E-state index contributed by atoms with van der Waals surface area (Å²) >= 11 is 0. The second kappa shape index (κ2) is 6.38. The van der Waals surface area contributed by atoms with Crippen molar-refractivity contribution in [2.24, 2.45) is 0 Å². The maximum atomic E-state index is 4.47. The Bertz CT molecular complexity index is 930. The van der Waals surface area contributed by atoms with Crippen molar-refractivity contribution in [1.29, 1.82) is 0 Å². The number of hydrogen-bond donors (Lipinski definition) is 1. The Hall–Kier alpha value is -3.40. The van der Waals surface area contributed by atoms with Crippen LogP contribution < -0.4 is 5.32 Å². The Morgan fingerprint density at radius 2 is 1.42 bits per heavy atom. The molecule has 0 fully saturated rings. The molecule has 4 nitrogen and oxygen atoms in total. The van der Waals surface area contributed by atoms with Crippen LogP contribution in [0.5, 0.6) is 0 Å². The number of anilines is 2. The Labute approximate surface area is 140 Å². The van der Waals surface area contributed by atoms with Crippen LogP contribution in [-0.4, -0.2) is 14.8 Å². The van der Waals surface area contributed by atoms with Gasteiger partial charge in [0.1, 0.15) is 6.33 Å². The van der Waals surface area contributed by atoms with Crippen LogP contribution in [0.25, 0.3) is 16.8 Å². The summed E-state index contributed by atoms with van der Waals surface area (Å²) in [4.78, 5) is 4.33. The molecule has 4 rings (SSSR count). The van der Waals surface area contributed by atoms with Crippen LogP contribution in [0, 0.1) is 0 Å². The highest BCUT2D eigenvalue weighted by molar-refractivity contribution is 5.69. The zero-order valence-corrected chi connectivity index (χ0v) is 13.0. The summed E-state index contributed by atoms with van der Waals surface area (Å²) in [7, 11) is 0. The standard InChI is InChI=1S/C20H16N4/c1-3-8-16(9-4-1)17-10-7-11-18(14-17)22-20-21-15-24(23-20)19-12-5-2-6-13-19/h1-15H,(H,22,23). The summed E-state index contributed by atoms with van der Waals surface area (Å²) in [6.07, 6.45) is 1.71. The zero-order chi connectivity index (χ0) is 16.2. The molecule has 0 saturated carbocycles. The Morgan fingerprint density at radius 1 is 0.708 bits per heavy atom. The topological polar surface area (TPSA) is 42.7 Å². The highest BCUT2D eigenvalue weighted by Gasteiger charge is 2.04. The van der Waals surface area contributed by atoms with Crippen LogP contribution in [0.15, 0.2) is 91.3 Å². The van der Waals surface area contributed by atoms with E-state index in [-0.39, 0.29) is 0 Å². The first-order chi connectivity index (χ1) is 11.9. The van der Waals surface area contributed by atoms with E-state index >= 15 is 0 Å². The van der Waals surface area contributed by atoms with Gasteiger partial charge in [0.15, 0.2) is 0 Å². The molecule has 0 radical (unpaired) electrons. The lowest BCUT2D eigenvalue weighted by Crippen LogP contribution is -1.97. The Balaban J connectivity index is 1.57. The summed E-state index contributed by atoms with van der Waals surface area (Å²) in [5.41, 5.74) is 4.28. The van der Waals surface area contributed by atoms with Gasteiger partial charge < -0.3 is 5.32 Å². The smallest absolute Gasteiger partial charge is 0.246 e. The fourth-order valence-corrected chi connectivity index (χ4v) is 2.56. The highest BCUT2D eigenvalue weighted by Crippen LogP contribution is 2.23. The van der Waals surface area contributed by atoms with Crippen molar-refractivity contribution in [3.05, 3.63) is 91.3 Å². The molecule has 3 aromatic carbocycles. The molecule has 4 heteroatoms. The molecular weight excluding hydrogens is 296 g/mol. The van der Waals surface area contributed by atoms with Gasteiger partial charge in [0.2, 0.25) is 5.95 Å². The van der Waals surface area contributed by atoms with Crippen LogP contribution in [-0.2, 0) is 0 Å². The van der Waals surface area contributed by atoms with Crippen molar-refractivity contribution >= 4 is 11.6 Å². The summed E-state index contributed by atoms with van der Waals surface area (Å²) in [6, 6.07) is 28.5. The minimum Gasteiger partial charge on any atom is -0.323 e.